The Morgan fingerprint density at radius 3 is 2.32 bits per heavy atom. The molecule has 5 nitrogen and oxygen atoms in total. The average Bonchev–Trinajstić information content (AvgIpc) is 2.49. The van der Waals surface area contributed by atoms with Gasteiger partial charge in [0.1, 0.15) is 0 Å². The van der Waals surface area contributed by atoms with Crippen LogP contribution >= 0.6 is 0 Å². The van der Waals surface area contributed by atoms with Crippen molar-refractivity contribution in [3.8, 4) is 0 Å². The fourth-order valence-electron chi connectivity index (χ4n) is 2.27. The van der Waals surface area contributed by atoms with E-state index in [0.29, 0.717) is 11.3 Å². The maximum atomic E-state index is 12.7. The number of anilines is 1. The van der Waals surface area contributed by atoms with Crippen LogP contribution in [0.4, 0.5) is 5.69 Å². The maximum Gasteiger partial charge on any atom is 0.261 e. The van der Waals surface area contributed by atoms with Crippen LogP contribution < -0.4 is 10.0 Å². The van der Waals surface area contributed by atoms with Crippen molar-refractivity contribution in [3.05, 3.63) is 59.2 Å². The summed E-state index contributed by atoms with van der Waals surface area (Å²) in [6, 6.07) is 11.6. The lowest BCUT2D eigenvalue weighted by atomic mass is 10.1. The van der Waals surface area contributed by atoms with Gasteiger partial charge in [-0.3, -0.25) is 9.52 Å². The Bertz CT molecular complexity index is 897. The molecule has 1 amide bonds. The van der Waals surface area contributed by atoms with Crippen molar-refractivity contribution in [2.24, 2.45) is 0 Å². The Balaban J connectivity index is 2.32. The number of hydrogen-bond donors (Lipinski definition) is 2. The van der Waals surface area contributed by atoms with E-state index in [0.717, 1.165) is 11.1 Å². The number of carbonyl (C=O) groups excluding carboxylic acids is 1. The number of amides is 1. The first kappa shape index (κ1) is 19.0. The number of carbonyl (C=O) groups is 1. The van der Waals surface area contributed by atoms with Crippen molar-refractivity contribution in [2.75, 3.05) is 4.72 Å². The van der Waals surface area contributed by atoms with Crippen molar-refractivity contribution >= 4 is 21.6 Å². The molecular formula is C19H24N2O3S. The molecule has 2 aromatic carbocycles. The normalized spacial score (nSPS) is 11.9. The molecule has 6 heteroatoms. The second kappa shape index (κ2) is 6.88. The third-order valence-corrected chi connectivity index (χ3v) is 4.90. The van der Waals surface area contributed by atoms with E-state index in [-0.39, 0.29) is 10.8 Å². The Hall–Kier alpha value is -2.34. The van der Waals surface area contributed by atoms with Crippen LogP contribution in [0.1, 0.15) is 42.3 Å². The summed E-state index contributed by atoms with van der Waals surface area (Å²) in [6.45, 7) is 9.34. The molecule has 0 fully saturated rings. The van der Waals surface area contributed by atoms with Gasteiger partial charge >= 0.3 is 0 Å². The maximum absolute atomic E-state index is 12.7. The smallest absolute Gasteiger partial charge is 0.261 e. The van der Waals surface area contributed by atoms with E-state index in [4.69, 9.17) is 0 Å². The van der Waals surface area contributed by atoms with Gasteiger partial charge in [-0.05, 0) is 70.0 Å². The first-order valence-corrected chi connectivity index (χ1v) is 9.49. The first-order valence-electron chi connectivity index (χ1n) is 8.01. The van der Waals surface area contributed by atoms with Gasteiger partial charge in [-0.25, -0.2) is 8.42 Å². The topological polar surface area (TPSA) is 75.3 Å². The highest BCUT2D eigenvalue weighted by Crippen LogP contribution is 2.21. The quantitative estimate of drug-likeness (QED) is 0.874. The molecule has 0 saturated carbocycles. The molecule has 0 bridgehead atoms. The number of benzene rings is 2. The predicted octanol–water partition coefficient (Wildman–Crippen LogP) is 3.63. The van der Waals surface area contributed by atoms with E-state index in [9.17, 15) is 13.2 Å². The first-order chi connectivity index (χ1) is 11.5. The summed E-state index contributed by atoms with van der Waals surface area (Å²) in [5, 5.41) is 2.83. The highest BCUT2D eigenvalue weighted by atomic mass is 32.2. The van der Waals surface area contributed by atoms with Crippen LogP contribution in [0.5, 0.6) is 0 Å². The molecule has 25 heavy (non-hydrogen) atoms. The predicted molar refractivity (Wildman–Crippen MR) is 100 cm³/mol. The molecule has 134 valence electrons. The third-order valence-electron chi connectivity index (χ3n) is 3.53. The molecule has 0 unspecified atom stereocenters. The molecule has 0 aliphatic carbocycles. The zero-order valence-corrected chi connectivity index (χ0v) is 16.0. The van der Waals surface area contributed by atoms with Crippen molar-refractivity contribution in [3.63, 3.8) is 0 Å². The number of rotatable bonds is 4. The second-order valence-electron chi connectivity index (χ2n) is 7.16. The lowest BCUT2D eigenvalue weighted by Gasteiger charge is -2.20. The minimum atomic E-state index is -3.78. The van der Waals surface area contributed by atoms with Crippen LogP contribution in [0.2, 0.25) is 0 Å². The zero-order valence-electron chi connectivity index (χ0n) is 15.2. The fourth-order valence-corrected chi connectivity index (χ4v) is 3.43. The van der Waals surface area contributed by atoms with Crippen LogP contribution in [0.25, 0.3) is 0 Å². The Morgan fingerprint density at radius 1 is 1.00 bits per heavy atom. The van der Waals surface area contributed by atoms with E-state index < -0.39 is 15.6 Å². The number of nitrogens with one attached hydrogen (secondary N) is 2. The molecule has 2 rings (SSSR count). The summed E-state index contributed by atoms with van der Waals surface area (Å²) in [7, 11) is -3.78. The molecule has 0 aromatic heterocycles. The van der Waals surface area contributed by atoms with Crippen LogP contribution in [-0.2, 0) is 10.0 Å². The highest BCUT2D eigenvalue weighted by molar-refractivity contribution is 7.92. The van der Waals surface area contributed by atoms with Gasteiger partial charge < -0.3 is 5.32 Å². The van der Waals surface area contributed by atoms with Gasteiger partial charge in [0.25, 0.3) is 15.9 Å². The van der Waals surface area contributed by atoms with Gasteiger partial charge in [0.15, 0.2) is 0 Å². The molecular weight excluding hydrogens is 336 g/mol. The minimum absolute atomic E-state index is 0.0509. The lowest BCUT2D eigenvalue weighted by Crippen LogP contribution is -2.40. The Morgan fingerprint density at radius 2 is 1.68 bits per heavy atom. The molecule has 0 saturated heterocycles. The van der Waals surface area contributed by atoms with E-state index in [2.05, 4.69) is 10.0 Å². The fraction of sp³-hybridized carbons (Fsp3) is 0.316. The number of hydrogen-bond acceptors (Lipinski definition) is 3. The van der Waals surface area contributed by atoms with Gasteiger partial charge in [-0.1, -0.05) is 18.2 Å². The summed E-state index contributed by atoms with van der Waals surface area (Å²) in [4.78, 5) is 12.3. The van der Waals surface area contributed by atoms with Crippen LogP contribution in [-0.4, -0.2) is 19.9 Å². The molecule has 0 heterocycles. The minimum Gasteiger partial charge on any atom is -0.347 e. The van der Waals surface area contributed by atoms with E-state index in [1.54, 1.807) is 18.2 Å². The van der Waals surface area contributed by atoms with Gasteiger partial charge in [-0.15, -0.1) is 0 Å². The Kier molecular flexibility index (Phi) is 5.23. The van der Waals surface area contributed by atoms with E-state index in [1.165, 1.54) is 12.1 Å². The molecule has 0 aliphatic heterocycles. The van der Waals surface area contributed by atoms with Gasteiger partial charge in [-0.2, -0.15) is 0 Å². The zero-order chi connectivity index (χ0) is 18.8. The third kappa shape index (κ3) is 5.06. The molecule has 0 aliphatic rings. The molecule has 0 spiro atoms. The van der Waals surface area contributed by atoms with Crippen LogP contribution in [0.3, 0.4) is 0 Å². The number of aryl methyl sites for hydroxylation is 2. The molecule has 0 atom stereocenters. The van der Waals surface area contributed by atoms with Crippen molar-refractivity contribution in [1.82, 2.24) is 5.32 Å². The summed E-state index contributed by atoms with van der Waals surface area (Å²) < 4.78 is 28.0. The number of sulfonamides is 1. The lowest BCUT2D eigenvalue weighted by molar-refractivity contribution is 0.0919. The molecule has 0 radical (unpaired) electrons. The van der Waals surface area contributed by atoms with Crippen LogP contribution in [0.15, 0.2) is 47.4 Å². The summed E-state index contributed by atoms with van der Waals surface area (Å²) >= 11 is 0. The summed E-state index contributed by atoms with van der Waals surface area (Å²) in [5.41, 5.74) is 2.23. The monoisotopic (exact) mass is 360 g/mol. The largest absolute Gasteiger partial charge is 0.347 e. The van der Waals surface area contributed by atoms with Gasteiger partial charge in [0.2, 0.25) is 0 Å². The SMILES string of the molecule is Cc1ccc(C)c(NS(=O)(=O)c2cccc(C(=O)NC(C)(C)C)c2)c1. The van der Waals surface area contributed by atoms with Crippen molar-refractivity contribution in [2.45, 2.75) is 45.1 Å². The molecule has 2 aromatic rings. The summed E-state index contributed by atoms with van der Waals surface area (Å²) in [6.07, 6.45) is 0. The van der Waals surface area contributed by atoms with E-state index in [1.807, 2.05) is 46.8 Å². The van der Waals surface area contributed by atoms with Crippen molar-refractivity contribution in [1.29, 1.82) is 0 Å². The van der Waals surface area contributed by atoms with Crippen LogP contribution in [0, 0.1) is 13.8 Å². The van der Waals surface area contributed by atoms with Crippen molar-refractivity contribution < 1.29 is 13.2 Å². The van der Waals surface area contributed by atoms with Gasteiger partial charge in [0.05, 0.1) is 10.6 Å². The second-order valence-corrected chi connectivity index (χ2v) is 8.84. The summed E-state index contributed by atoms with van der Waals surface area (Å²) in [5.74, 6) is -0.309. The standard InChI is InChI=1S/C19H24N2O3S/c1-13-9-10-14(2)17(11-13)21-25(23,24)16-8-6-7-15(12-16)18(22)20-19(3,4)5/h6-12,21H,1-5H3,(H,20,22). The van der Waals surface area contributed by atoms with E-state index >= 15 is 0 Å². The van der Waals surface area contributed by atoms with Gasteiger partial charge in [0, 0.05) is 11.1 Å². The average molecular weight is 360 g/mol. The molecule has 2 N–H and O–H groups in total. The Labute approximate surface area is 149 Å². The highest BCUT2D eigenvalue weighted by Gasteiger charge is 2.19.